The number of morpholine rings is 1. The van der Waals surface area contributed by atoms with Gasteiger partial charge in [0.15, 0.2) is 6.61 Å². The summed E-state index contributed by atoms with van der Waals surface area (Å²) in [4.78, 5) is 13.7. The minimum atomic E-state index is -0.298. The summed E-state index contributed by atoms with van der Waals surface area (Å²) in [6.07, 6.45) is 0. The first-order valence-electron chi connectivity index (χ1n) is 6.49. The van der Waals surface area contributed by atoms with E-state index in [1.807, 2.05) is 13.0 Å². The number of aliphatic hydroxyl groups is 1. The molecule has 1 aliphatic heterocycles. The van der Waals surface area contributed by atoms with Crippen LogP contribution in [0.5, 0.6) is 5.75 Å². The molecule has 20 heavy (non-hydrogen) atoms. The van der Waals surface area contributed by atoms with Crippen molar-refractivity contribution in [3.63, 3.8) is 0 Å². The lowest BCUT2D eigenvalue weighted by Gasteiger charge is -2.34. The van der Waals surface area contributed by atoms with Crippen molar-refractivity contribution in [1.82, 2.24) is 4.90 Å². The third-order valence-corrected chi connectivity index (χ3v) is 3.51. The molecule has 0 radical (unpaired) electrons. The highest BCUT2D eigenvalue weighted by atomic mass is 35.5. The van der Waals surface area contributed by atoms with Crippen LogP contribution in [0.2, 0.25) is 5.02 Å². The van der Waals surface area contributed by atoms with E-state index in [1.165, 1.54) is 0 Å². The minimum absolute atomic E-state index is 0.0975. The molecule has 1 N–H and O–H groups in total. The highest BCUT2D eigenvalue weighted by molar-refractivity contribution is 6.32. The first-order chi connectivity index (χ1) is 9.61. The molecular formula is C14H18ClNO4. The van der Waals surface area contributed by atoms with Gasteiger partial charge in [-0.2, -0.15) is 0 Å². The van der Waals surface area contributed by atoms with Crippen LogP contribution in [0, 0.1) is 6.92 Å². The van der Waals surface area contributed by atoms with E-state index in [-0.39, 0.29) is 25.2 Å². The Bertz CT molecular complexity index is 480. The van der Waals surface area contributed by atoms with Gasteiger partial charge in [-0.3, -0.25) is 4.79 Å². The third-order valence-electron chi connectivity index (χ3n) is 3.20. The van der Waals surface area contributed by atoms with E-state index in [4.69, 9.17) is 21.1 Å². The Kier molecular flexibility index (Phi) is 5.23. The van der Waals surface area contributed by atoms with Gasteiger partial charge in [0.25, 0.3) is 5.91 Å². The monoisotopic (exact) mass is 299 g/mol. The first kappa shape index (κ1) is 15.1. The Labute approximate surface area is 123 Å². The molecule has 0 spiro atoms. The van der Waals surface area contributed by atoms with Crippen molar-refractivity contribution in [2.45, 2.75) is 13.0 Å². The number of amides is 1. The maximum atomic E-state index is 12.1. The van der Waals surface area contributed by atoms with Gasteiger partial charge in [0.1, 0.15) is 5.75 Å². The van der Waals surface area contributed by atoms with Crippen molar-refractivity contribution in [2.24, 2.45) is 0 Å². The quantitative estimate of drug-likeness (QED) is 0.909. The molecule has 1 amide bonds. The van der Waals surface area contributed by atoms with Crippen LogP contribution in [0.15, 0.2) is 18.2 Å². The van der Waals surface area contributed by atoms with Gasteiger partial charge < -0.3 is 19.5 Å². The molecule has 0 saturated carbocycles. The molecule has 6 heteroatoms. The second kappa shape index (κ2) is 6.92. The van der Waals surface area contributed by atoms with Gasteiger partial charge in [-0.25, -0.2) is 0 Å². The molecule has 0 aromatic heterocycles. The summed E-state index contributed by atoms with van der Waals surface area (Å²) in [6, 6.07) is 5.11. The summed E-state index contributed by atoms with van der Waals surface area (Å²) in [5, 5.41) is 9.72. The topological polar surface area (TPSA) is 59.0 Å². The van der Waals surface area contributed by atoms with Crippen LogP contribution in [0.1, 0.15) is 5.56 Å². The summed E-state index contributed by atoms with van der Waals surface area (Å²) in [6.45, 7) is 3.02. The fourth-order valence-corrected chi connectivity index (χ4v) is 2.25. The van der Waals surface area contributed by atoms with Gasteiger partial charge >= 0.3 is 0 Å². The summed E-state index contributed by atoms with van der Waals surface area (Å²) in [5.74, 6) is 0.318. The standard InChI is InChI=1S/C14H18ClNO4/c1-10-2-3-12(15)13(6-10)20-9-14(18)16-4-5-19-8-11(16)7-17/h2-3,6,11,17H,4-5,7-9H2,1H3. The number of benzene rings is 1. The molecule has 1 aliphatic rings. The van der Waals surface area contributed by atoms with E-state index >= 15 is 0 Å². The number of aryl methyl sites for hydroxylation is 1. The van der Waals surface area contributed by atoms with E-state index in [9.17, 15) is 9.90 Å². The number of carbonyl (C=O) groups excluding carboxylic acids is 1. The van der Waals surface area contributed by atoms with Crippen LogP contribution in [0.25, 0.3) is 0 Å². The molecule has 110 valence electrons. The predicted molar refractivity (Wildman–Crippen MR) is 75.1 cm³/mol. The van der Waals surface area contributed by atoms with Crippen molar-refractivity contribution in [1.29, 1.82) is 0 Å². The van der Waals surface area contributed by atoms with Crippen LogP contribution >= 0.6 is 11.6 Å². The van der Waals surface area contributed by atoms with E-state index in [0.717, 1.165) is 5.56 Å². The largest absolute Gasteiger partial charge is 0.482 e. The number of rotatable bonds is 4. The van der Waals surface area contributed by atoms with Crippen LogP contribution in [0.4, 0.5) is 0 Å². The fraction of sp³-hybridized carbons (Fsp3) is 0.500. The maximum Gasteiger partial charge on any atom is 0.260 e. The third kappa shape index (κ3) is 3.62. The van der Waals surface area contributed by atoms with Gasteiger partial charge in [0.2, 0.25) is 0 Å². The number of nitrogens with zero attached hydrogens (tertiary/aromatic N) is 1. The Morgan fingerprint density at radius 1 is 1.60 bits per heavy atom. The zero-order valence-electron chi connectivity index (χ0n) is 11.3. The van der Waals surface area contributed by atoms with Crippen molar-refractivity contribution in [3.05, 3.63) is 28.8 Å². The van der Waals surface area contributed by atoms with Gasteiger partial charge in [-0.1, -0.05) is 17.7 Å². The van der Waals surface area contributed by atoms with Crippen molar-refractivity contribution >= 4 is 17.5 Å². The number of carbonyl (C=O) groups is 1. The Morgan fingerprint density at radius 3 is 3.15 bits per heavy atom. The first-order valence-corrected chi connectivity index (χ1v) is 6.86. The highest BCUT2D eigenvalue weighted by Crippen LogP contribution is 2.25. The smallest absolute Gasteiger partial charge is 0.260 e. The molecule has 0 bridgehead atoms. The number of ether oxygens (including phenoxy) is 2. The zero-order chi connectivity index (χ0) is 14.5. The Balaban J connectivity index is 1.95. The number of hydrogen-bond acceptors (Lipinski definition) is 4. The van der Waals surface area contributed by atoms with Crippen LogP contribution in [-0.2, 0) is 9.53 Å². The molecule has 1 unspecified atom stereocenters. The highest BCUT2D eigenvalue weighted by Gasteiger charge is 2.26. The zero-order valence-corrected chi connectivity index (χ0v) is 12.1. The second-order valence-corrected chi connectivity index (χ2v) is 5.13. The second-order valence-electron chi connectivity index (χ2n) is 4.72. The predicted octanol–water partition coefficient (Wildman–Crippen LogP) is 1.25. The number of halogens is 1. The maximum absolute atomic E-state index is 12.1. The van der Waals surface area contributed by atoms with Crippen molar-refractivity contribution in [3.8, 4) is 5.75 Å². The minimum Gasteiger partial charge on any atom is -0.482 e. The molecule has 1 fully saturated rings. The average Bonchev–Trinajstić information content (AvgIpc) is 2.47. The molecule has 0 aliphatic carbocycles. The lowest BCUT2D eigenvalue weighted by molar-refractivity contribution is -0.143. The van der Waals surface area contributed by atoms with Crippen LogP contribution in [0.3, 0.4) is 0 Å². The van der Waals surface area contributed by atoms with Gasteiger partial charge in [-0.15, -0.1) is 0 Å². The lowest BCUT2D eigenvalue weighted by Crippen LogP contribution is -2.51. The normalized spacial score (nSPS) is 18.9. The molecule has 5 nitrogen and oxygen atoms in total. The van der Waals surface area contributed by atoms with Crippen molar-refractivity contribution in [2.75, 3.05) is 33.0 Å². The van der Waals surface area contributed by atoms with Crippen LogP contribution in [-0.4, -0.2) is 54.9 Å². The summed E-state index contributed by atoms with van der Waals surface area (Å²) in [7, 11) is 0. The molecule has 1 aromatic carbocycles. The van der Waals surface area contributed by atoms with Crippen molar-refractivity contribution < 1.29 is 19.4 Å². The molecule has 1 heterocycles. The van der Waals surface area contributed by atoms with E-state index in [0.29, 0.717) is 30.5 Å². The summed E-state index contributed by atoms with van der Waals surface area (Å²) >= 11 is 6.01. The summed E-state index contributed by atoms with van der Waals surface area (Å²) in [5.41, 5.74) is 1.01. The molecule has 2 rings (SSSR count). The molecular weight excluding hydrogens is 282 g/mol. The average molecular weight is 300 g/mol. The Morgan fingerprint density at radius 2 is 2.40 bits per heavy atom. The van der Waals surface area contributed by atoms with Gasteiger partial charge in [0, 0.05) is 6.54 Å². The summed E-state index contributed by atoms with van der Waals surface area (Å²) < 4.78 is 10.7. The van der Waals surface area contributed by atoms with E-state index in [1.54, 1.807) is 17.0 Å². The van der Waals surface area contributed by atoms with Gasteiger partial charge in [-0.05, 0) is 24.6 Å². The SMILES string of the molecule is Cc1ccc(Cl)c(OCC(=O)N2CCOCC2CO)c1. The molecule has 1 saturated heterocycles. The fourth-order valence-electron chi connectivity index (χ4n) is 2.08. The molecule has 1 aromatic rings. The lowest BCUT2D eigenvalue weighted by atomic mass is 10.2. The number of aliphatic hydroxyl groups excluding tert-OH is 1. The van der Waals surface area contributed by atoms with Crippen LogP contribution < -0.4 is 4.74 Å². The Hall–Kier alpha value is -1.30. The van der Waals surface area contributed by atoms with Gasteiger partial charge in [0.05, 0.1) is 30.9 Å². The molecule has 1 atom stereocenters. The number of hydrogen-bond donors (Lipinski definition) is 1. The van der Waals surface area contributed by atoms with E-state index < -0.39 is 0 Å². The van der Waals surface area contributed by atoms with E-state index in [2.05, 4.69) is 0 Å².